The Kier molecular flexibility index (Phi) is 3.86. The minimum Gasteiger partial charge on any atom is -0.480 e. The monoisotopic (exact) mass is 265 g/mol. The first-order valence-corrected chi connectivity index (χ1v) is 5.39. The van der Waals surface area contributed by atoms with Crippen molar-refractivity contribution in [1.29, 1.82) is 0 Å². The average molecular weight is 265 g/mol. The molecular weight excluding hydrogens is 253 g/mol. The van der Waals surface area contributed by atoms with Crippen LogP contribution in [0.3, 0.4) is 0 Å². The van der Waals surface area contributed by atoms with Crippen LogP contribution in [0.15, 0.2) is 24.7 Å². The molecule has 0 radical (unpaired) electrons. The number of aliphatic hydroxyl groups is 1. The molecule has 2 heterocycles. The van der Waals surface area contributed by atoms with Crippen LogP contribution in [-0.4, -0.2) is 34.3 Å². The van der Waals surface area contributed by atoms with Gasteiger partial charge >= 0.3 is 0 Å². The van der Waals surface area contributed by atoms with Crippen molar-refractivity contribution in [3.63, 3.8) is 0 Å². The second kappa shape index (κ2) is 5.57. The number of halogens is 1. The number of ether oxygens (including phenoxy) is 2. The quantitative estimate of drug-likeness (QED) is 0.892. The minimum absolute atomic E-state index is 0.0489. The molecule has 2 aromatic heterocycles. The topological polar surface area (TPSA) is 77.4 Å². The van der Waals surface area contributed by atoms with E-state index >= 15 is 0 Å². The summed E-state index contributed by atoms with van der Waals surface area (Å²) in [6.07, 6.45) is 2.42. The lowest BCUT2D eigenvalue weighted by Gasteiger charge is -2.14. The standard InChI is InChI=1S/C12H12FN3O3/c1-18-9-6-15-10(12(16-9)19-2)11(17)7-3-4-14-5-8(7)13/h3-6,11,17H,1-2H3. The average Bonchev–Trinajstić information content (AvgIpc) is 2.46. The Labute approximate surface area is 108 Å². The van der Waals surface area contributed by atoms with Gasteiger partial charge in [-0.2, -0.15) is 4.98 Å². The molecule has 0 aliphatic heterocycles. The number of methoxy groups -OCH3 is 2. The third kappa shape index (κ3) is 2.60. The van der Waals surface area contributed by atoms with E-state index in [-0.39, 0.29) is 23.0 Å². The van der Waals surface area contributed by atoms with Gasteiger partial charge in [-0.15, -0.1) is 0 Å². The molecule has 1 N–H and O–H groups in total. The largest absolute Gasteiger partial charge is 0.480 e. The van der Waals surface area contributed by atoms with E-state index in [4.69, 9.17) is 9.47 Å². The van der Waals surface area contributed by atoms with Gasteiger partial charge in [-0.05, 0) is 6.07 Å². The highest BCUT2D eigenvalue weighted by Crippen LogP contribution is 2.28. The maximum absolute atomic E-state index is 13.6. The van der Waals surface area contributed by atoms with Gasteiger partial charge in [-0.3, -0.25) is 4.98 Å². The van der Waals surface area contributed by atoms with Gasteiger partial charge in [0.05, 0.1) is 26.6 Å². The van der Waals surface area contributed by atoms with Crippen LogP contribution in [0.2, 0.25) is 0 Å². The van der Waals surface area contributed by atoms with Crippen molar-refractivity contribution in [2.75, 3.05) is 14.2 Å². The van der Waals surface area contributed by atoms with Crippen LogP contribution in [0.1, 0.15) is 17.4 Å². The molecule has 19 heavy (non-hydrogen) atoms. The number of pyridine rings is 1. The Bertz CT molecular complexity index is 580. The van der Waals surface area contributed by atoms with Crippen molar-refractivity contribution in [2.24, 2.45) is 0 Å². The van der Waals surface area contributed by atoms with Gasteiger partial charge in [-0.1, -0.05) is 0 Å². The van der Waals surface area contributed by atoms with Crippen molar-refractivity contribution in [2.45, 2.75) is 6.10 Å². The van der Waals surface area contributed by atoms with Gasteiger partial charge < -0.3 is 14.6 Å². The maximum atomic E-state index is 13.6. The summed E-state index contributed by atoms with van der Waals surface area (Å²) in [6.45, 7) is 0. The third-order valence-corrected chi connectivity index (χ3v) is 2.50. The van der Waals surface area contributed by atoms with Crippen LogP contribution in [0.25, 0.3) is 0 Å². The molecule has 0 aliphatic carbocycles. The van der Waals surface area contributed by atoms with Crippen molar-refractivity contribution in [3.8, 4) is 11.8 Å². The molecule has 0 aromatic carbocycles. The first-order chi connectivity index (χ1) is 9.17. The lowest BCUT2D eigenvalue weighted by molar-refractivity contribution is 0.201. The van der Waals surface area contributed by atoms with Crippen molar-refractivity contribution in [3.05, 3.63) is 41.7 Å². The lowest BCUT2D eigenvalue weighted by atomic mass is 10.1. The smallest absolute Gasteiger partial charge is 0.241 e. The summed E-state index contributed by atoms with van der Waals surface area (Å²) < 4.78 is 23.5. The minimum atomic E-state index is -1.30. The Hall–Kier alpha value is -2.28. The lowest BCUT2D eigenvalue weighted by Crippen LogP contribution is -2.09. The zero-order valence-electron chi connectivity index (χ0n) is 10.4. The Balaban J connectivity index is 2.44. The van der Waals surface area contributed by atoms with Crippen LogP contribution >= 0.6 is 0 Å². The van der Waals surface area contributed by atoms with E-state index in [1.54, 1.807) is 0 Å². The Morgan fingerprint density at radius 3 is 2.68 bits per heavy atom. The molecule has 7 heteroatoms. The summed E-state index contributed by atoms with van der Waals surface area (Å²) in [5.41, 5.74) is 0.154. The van der Waals surface area contributed by atoms with Gasteiger partial charge in [-0.25, -0.2) is 9.37 Å². The van der Waals surface area contributed by atoms with E-state index < -0.39 is 11.9 Å². The predicted molar refractivity (Wildman–Crippen MR) is 63.4 cm³/mol. The number of aliphatic hydroxyl groups excluding tert-OH is 1. The summed E-state index contributed by atoms with van der Waals surface area (Å²) in [5, 5.41) is 10.2. The first kappa shape index (κ1) is 13.2. The second-order valence-corrected chi connectivity index (χ2v) is 3.61. The van der Waals surface area contributed by atoms with Crippen LogP contribution in [0.5, 0.6) is 11.8 Å². The molecule has 6 nitrogen and oxygen atoms in total. The SMILES string of the molecule is COc1cnc(C(O)c2ccncc2F)c(OC)n1. The number of rotatable bonds is 4. The summed E-state index contributed by atoms with van der Waals surface area (Å²) in [6, 6.07) is 1.37. The van der Waals surface area contributed by atoms with Crippen LogP contribution in [0.4, 0.5) is 4.39 Å². The fourth-order valence-electron chi connectivity index (χ4n) is 1.56. The molecule has 0 aliphatic rings. The number of hydrogen-bond donors (Lipinski definition) is 1. The fourth-order valence-corrected chi connectivity index (χ4v) is 1.56. The zero-order valence-corrected chi connectivity index (χ0v) is 10.4. The molecule has 0 fully saturated rings. The normalized spacial score (nSPS) is 12.0. The summed E-state index contributed by atoms with van der Waals surface area (Å²) in [5.74, 6) is -0.319. The summed E-state index contributed by atoms with van der Waals surface area (Å²) in [7, 11) is 2.81. The van der Waals surface area contributed by atoms with E-state index in [9.17, 15) is 9.50 Å². The van der Waals surface area contributed by atoms with Crippen molar-refractivity contribution < 1.29 is 19.0 Å². The molecule has 0 spiro atoms. The molecule has 0 bridgehead atoms. The Morgan fingerprint density at radius 2 is 2.05 bits per heavy atom. The van der Waals surface area contributed by atoms with E-state index in [0.29, 0.717) is 0 Å². The van der Waals surface area contributed by atoms with Crippen molar-refractivity contribution in [1.82, 2.24) is 15.0 Å². The Morgan fingerprint density at radius 1 is 1.26 bits per heavy atom. The summed E-state index contributed by atoms with van der Waals surface area (Å²) in [4.78, 5) is 11.6. The van der Waals surface area contributed by atoms with E-state index in [0.717, 1.165) is 6.20 Å². The summed E-state index contributed by atoms with van der Waals surface area (Å²) >= 11 is 0. The van der Waals surface area contributed by atoms with Crippen LogP contribution in [0, 0.1) is 5.82 Å². The van der Waals surface area contributed by atoms with Crippen LogP contribution in [-0.2, 0) is 0 Å². The highest BCUT2D eigenvalue weighted by atomic mass is 19.1. The predicted octanol–water partition coefficient (Wildman–Crippen LogP) is 1.11. The van der Waals surface area contributed by atoms with E-state index in [1.807, 2.05) is 0 Å². The highest BCUT2D eigenvalue weighted by Gasteiger charge is 2.22. The molecular formula is C12H12FN3O3. The number of hydrogen-bond acceptors (Lipinski definition) is 6. The molecule has 2 aromatic rings. The van der Waals surface area contributed by atoms with Crippen molar-refractivity contribution >= 4 is 0 Å². The maximum Gasteiger partial charge on any atom is 0.241 e. The molecule has 0 saturated heterocycles. The van der Waals surface area contributed by atoms with Crippen LogP contribution < -0.4 is 9.47 Å². The van der Waals surface area contributed by atoms with E-state index in [2.05, 4.69) is 15.0 Å². The zero-order chi connectivity index (χ0) is 13.8. The highest BCUT2D eigenvalue weighted by molar-refractivity contribution is 5.32. The number of nitrogens with zero attached hydrogens (tertiary/aromatic N) is 3. The second-order valence-electron chi connectivity index (χ2n) is 3.61. The van der Waals surface area contributed by atoms with E-state index in [1.165, 1.54) is 32.7 Å². The molecule has 100 valence electrons. The molecule has 0 saturated carbocycles. The molecule has 1 unspecified atom stereocenters. The number of aromatic nitrogens is 3. The molecule has 2 rings (SSSR count). The van der Waals surface area contributed by atoms with Gasteiger partial charge in [0.15, 0.2) is 0 Å². The molecule has 0 amide bonds. The van der Waals surface area contributed by atoms with Gasteiger partial charge in [0.1, 0.15) is 17.6 Å². The molecule has 1 atom stereocenters. The van der Waals surface area contributed by atoms with Gasteiger partial charge in [0.25, 0.3) is 0 Å². The fraction of sp³-hybridized carbons (Fsp3) is 0.250. The van der Waals surface area contributed by atoms with Gasteiger partial charge in [0, 0.05) is 11.8 Å². The third-order valence-electron chi connectivity index (χ3n) is 2.50. The van der Waals surface area contributed by atoms with Gasteiger partial charge in [0.2, 0.25) is 11.8 Å². The first-order valence-electron chi connectivity index (χ1n) is 5.39.